The van der Waals surface area contributed by atoms with E-state index in [4.69, 9.17) is 32.6 Å². The number of furan rings is 1. The number of thiophene rings is 1. The van der Waals surface area contributed by atoms with Crippen molar-refractivity contribution in [2.75, 3.05) is 0 Å². The SMILES string of the molecule is Clc1nc(-c2ccccc2)nc(-c2ccc3c(c2)oc2ccc(-c4cccc(-c5ccccc5)c4)cc23)n1.Clc1nc(-c2ccccc2)nc(-c2ccc3sc4cccc(-c5ccccc5)c4c3c2)n1. The van der Waals surface area contributed by atoms with Crippen LogP contribution in [0.4, 0.5) is 0 Å². The molecule has 0 aliphatic rings. The minimum Gasteiger partial charge on any atom is -0.456 e. The number of halogens is 2. The highest BCUT2D eigenvalue weighted by atomic mass is 35.5. The van der Waals surface area contributed by atoms with E-state index < -0.39 is 0 Å². The molecule has 0 aliphatic carbocycles. The molecule has 0 saturated heterocycles. The minimum absolute atomic E-state index is 0.154. The number of fused-ring (bicyclic) bond motifs is 6. The van der Waals surface area contributed by atoms with Crippen LogP contribution in [0.5, 0.6) is 0 Å². The molecule has 70 heavy (non-hydrogen) atoms. The first-order valence-corrected chi connectivity index (χ1v) is 24.1. The van der Waals surface area contributed by atoms with Crippen molar-refractivity contribution in [2.45, 2.75) is 0 Å². The molecule has 10 heteroatoms. The Kier molecular flexibility index (Phi) is 11.4. The molecule has 0 amide bonds. The zero-order valence-electron chi connectivity index (χ0n) is 37.0. The Hall–Kier alpha value is -8.40. The van der Waals surface area contributed by atoms with Gasteiger partial charge in [-0.3, -0.25) is 0 Å². The Labute approximate surface area is 416 Å². The van der Waals surface area contributed by atoms with Crippen molar-refractivity contribution >= 4 is 76.6 Å². The van der Waals surface area contributed by atoms with Gasteiger partial charge in [0.15, 0.2) is 23.3 Å². The van der Waals surface area contributed by atoms with Gasteiger partial charge in [-0.1, -0.05) is 164 Å². The summed E-state index contributed by atoms with van der Waals surface area (Å²) in [6.45, 7) is 0. The Balaban J connectivity index is 0.000000146. The fraction of sp³-hybridized carbons (Fsp3) is 0. The molecule has 7 nitrogen and oxygen atoms in total. The van der Waals surface area contributed by atoms with Crippen molar-refractivity contribution in [1.29, 1.82) is 0 Å². The molecule has 0 radical (unpaired) electrons. The predicted octanol–water partition coefficient (Wildman–Crippen LogP) is 17.0. The van der Waals surface area contributed by atoms with Crippen LogP contribution < -0.4 is 0 Å². The molecular weight excluding hydrogens is 924 g/mol. The van der Waals surface area contributed by atoms with Gasteiger partial charge in [-0.2, -0.15) is 19.9 Å². The van der Waals surface area contributed by atoms with Crippen molar-refractivity contribution in [3.8, 4) is 78.9 Å². The second-order valence-electron chi connectivity index (χ2n) is 16.6. The van der Waals surface area contributed by atoms with Crippen LogP contribution >= 0.6 is 34.5 Å². The van der Waals surface area contributed by atoms with Crippen molar-refractivity contribution < 1.29 is 4.42 Å². The second-order valence-corrected chi connectivity index (χ2v) is 18.3. The van der Waals surface area contributed by atoms with Crippen molar-refractivity contribution in [3.05, 3.63) is 229 Å². The number of aromatic nitrogens is 6. The lowest BCUT2D eigenvalue weighted by molar-refractivity contribution is 0.669. The maximum atomic E-state index is 6.29. The number of hydrogen-bond donors (Lipinski definition) is 0. The predicted molar refractivity (Wildman–Crippen MR) is 288 cm³/mol. The molecule has 0 fully saturated rings. The number of nitrogens with zero attached hydrogens (tertiary/aromatic N) is 6. The molecule has 13 rings (SSSR count). The van der Waals surface area contributed by atoms with E-state index in [9.17, 15) is 0 Å². The Morgan fingerprint density at radius 2 is 0.771 bits per heavy atom. The van der Waals surface area contributed by atoms with Gasteiger partial charge in [-0.25, -0.2) is 9.97 Å². The number of benzene rings is 9. The fourth-order valence-electron chi connectivity index (χ4n) is 8.82. The highest BCUT2D eigenvalue weighted by Crippen LogP contribution is 2.42. The van der Waals surface area contributed by atoms with Gasteiger partial charge in [0.1, 0.15) is 11.2 Å². The smallest absolute Gasteiger partial charge is 0.226 e. The summed E-state index contributed by atoms with van der Waals surface area (Å²) in [5.74, 6) is 2.18. The molecule has 13 aromatic rings. The summed E-state index contributed by atoms with van der Waals surface area (Å²) in [6, 6.07) is 74.3. The highest BCUT2D eigenvalue weighted by molar-refractivity contribution is 7.26. The molecule has 0 unspecified atom stereocenters. The first kappa shape index (κ1) is 42.9. The van der Waals surface area contributed by atoms with Crippen LogP contribution in [0.2, 0.25) is 10.6 Å². The van der Waals surface area contributed by atoms with Crippen LogP contribution in [0.3, 0.4) is 0 Å². The molecule has 9 aromatic carbocycles. The number of rotatable bonds is 7. The summed E-state index contributed by atoms with van der Waals surface area (Å²) in [5, 5.41) is 4.89. The lowest BCUT2D eigenvalue weighted by Gasteiger charge is -2.07. The average molecular weight is 960 g/mol. The highest BCUT2D eigenvalue weighted by Gasteiger charge is 2.17. The quantitative estimate of drug-likeness (QED) is 0.157. The van der Waals surface area contributed by atoms with E-state index in [0.29, 0.717) is 23.3 Å². The van der Waals surface area contributed by atoms with E-state index >= 15 is 0 Å². The Morgan fingerprint density at radius 3 is 1.40 bits per heavy atom. The summed E-state index contributed by atoms with van der Waals surface area (Å²) < 4.78 is 8.73. The van der Waals surface area contributed by atoms with E-state index in [-0.39, 0.29) is 10.6 Å². The van der Waals surface area contributed by atoms with Gasteiger partial charge >= 0.3 is 0 Å². The Bertz CT molecular complexity index is 4040. The van der Waals surface area contributed by atoms with Crippen molar-refractivity contribution in [3.63, 3.8) is 0 Å². The second kappa shape index (κ2) is 18.6. The average Bonchev–Trinajstić information content (AvgIpc) is 3.99. The third kappa shape index (κ3) is 8.56. The van der Waals surface area contributed by atoms with Crippen LogP contribution in [0.25, 0.3) is 121 Å². The first-order valence-electron chi connectivity index (χ1n) is 22.5. The number of hydrogen-bond acceptors (Lipinski definition) is 8. The molecule has 0 spiro atoms. The normalized spacial score (nSPS) is 11.3. The summed E-state index contributed by atoms with van der Waals surface area (Å²) in [7, 11) is 0. The summed E-state index contributed by atoms with van der Waals surface area (Å²) in [5.41, 5.74) is 12.2. The molecule has 0 atom stereocenters. The van der Waals surface area contributed by atoms with Crippen LogP contribution in [-0.4, -0.2) is 29.9 Å². The third-order valence-electron chi connectivity index (χ3n) is 12.2. The first-order chi connectivity index (χ1) is 34.5. The van der Waals surface area contributed by atoms with Gasteiger partial charge in [-0.05, 0) is 111 Å². The Morgan fingerprint density at radius 1 is 0.300 bits per heavy atom. The molecule has 0 saturated carbocycles. The zero-order valence-corrected chi connectivity index (χ0v) is 39.4. The van der Waals surface area contributed by atoms with Gasteiger partial charge in [0.2, 0.25) is 10.6 Å². The summed E-state index contributed by atoms with van der Waals surface area (Å²) >= 11 is 14.4. The van der Waals surface area contributed by atoms with Gasteiger partial charge in [0, 0.05) is 53.2 Å². The van der Waals surface area contributed by atoms with E-state index in [1.165, 1.54) is 42.4 Å². The summed E-state index contributed by atoms with van der Waals surface area (Å²) in [4.78, 5) is 26.8. The van der Waals surface area contributed by atoms with E-state index in [1.807, 2.05) is 91.0 Å². The molecule has 4 heterocycles. The zero-order chi connectivity index (χ0) is 47.0. The van der Waals surface area contributed by atoms with Crippen LogP contribution in [-0.2, 0) is 0 Å². The van der Waals surface area contributed by atoms with Crippen LogP contribution in [0.1, 0.15) is 0 Å². The lowest BCUT2D eigenvalue weighted by atomic mass is 9.98. The standard InChI is InChI=1S/C33H20ClN3O.C27H16ClN3S/c34-33-36-31(22-10-5-2-6-11-22)35-32(37-33)26-14-16-27-28-19-25(15-17-29(28)38-30(27)20-26)24-13-7-12-23(18-24)21-8-3-1-4-9-21;28-27-30-25(18-10-5-2-6-11-18)29-26(31-27)19-14-15-22-21(16-19)24-20(12-7-13-23(24)32-22)17-8-3-1-4-9-17/h1-20H;1-16H. The van der Waals surface area contributed by atoms with Gasteiger partial charge in [0.25, 0.3) is 0 Å². The largest absolute Gasteiger partial charge is 0.456 e. The third-order valence-corrected chi connectivity index (χ3v) is 13.6. The van der Waals surface area contributed by atoms with Gasteiger partial charge in [-0.15, -0.1) is 11.3 Å². The topological polar surface area (TPSA) is 90.5 Å². The monoisotopic (exact) mass is 958 g/mol. The summed E-state index contributed by atoms with van der Waals surface area (Å²) in [6.07, 6.45) is 0. The van der Waals surface area contributed by atoms with E-state index in [2.05, 4.69) is 152 Å². The maximum absolute atomic E-state index is 6.29. The van der Waals surface area contributed by atoms with E-state index in [1.54, 1.807) is 11.3 Å². The fourth-order valence-corrected chi connectivity index (χ4v) is 10.3. The van der Waals surface area contributed by atoms with Crippen molar-refractivity contribution in [1.82, 2.24) is 29.9 Å². The van der Waals surface area contributed by atoms with Crippen LogP contribution in [0, 0.1) is 0 Å². The van der Waals surface area contributed by atoms with Crippen LogP contribution in [0.15, 0.2) is 223 Å². The van der Waals surface area contributed by atoms with E-state index in [0.717, 1.165) is 55.3 Å². The molecular formula is C60H36Cl2N6OS. The van der Waals surface area contributed by atoms with Gasteiger partial charge < -0.3 is 4.42 Å². The molecule has 0 bridgehead atoms. The minimum atomic E-state index is 0.154. The lowest BCUT2D eigenvalue weighted by Crippen LogP contribution is -1.97. The maximum Gasteiger partial charge on any atom is 0.226 e. The van der Waals surface area contributed by atoms with Crippen molar-refractivity contribution in [2.24, 2.45) is 0 Å². The molecule has 0 N–H and O–H groups in total. The molecule has 332 valence electrons. The van der Waals surface area contributed by atoms with Gasteiger partial charge in [0.05, 0.1) is 0 Å². The molecule has 0 aliphatic heterocycles. The molecule has 4 aromatic heterocycles.